The van der Waals surface area contributed by atoms with E-state index in [1.165, 1.54) is 24.3 Å². The van der Waals surface area contributed by atoms with Crippen LogP contribution < -0.4 is 10.6 Å². The maximum absolute atomic E-state index is 12.8. The van der Waals surface area contributed by atoms with Crippen LogP contribution in [0.1, 0.15) is 30.1 Å². The summed E-state index contributed by atoms with van der Waals surface area (Å²) in [4.78, 5) is 37.1. The molecular weight excluding hydrogens is 301 g/mol. The van der Waals surface area contributed by atoms with Gasteiger partial charge in [-0.25, -0.2) is 4.39 Å². The molecule has 0 bridgehead atoms. The largest absolute Gasteiger partial charge is 0.354 e. The Balaban J connectivity index is 1.80. The summed E-state index contributed by atoms with van der Waals surface area (Å²) < 4.78 is 12.8. The summed E-state index contributed by atoms with van der Waals surface area (Å²) in [5, 5.41) is 5.38. The molecule has 7 heteroatoms. The van der Waals surface area contributed by atoms with E-state index in [0.29, 0.717) is 18.7 Å². The maximum atomic E-state index is 12.8. The minimum atomic E-state index is -0.407. The number of carbonyl (C=O) groups is 3. The molecule has 1 aliphatic heterocycles. The Kier molecular flexibility index (Phi) is 5.67. The number of carbonyl (C=O) groups excluding carboxylic acids is 3. The van der Waals surface area contributed by atoms with Gasteiger partial charge in [0.05, 0.1) is 0 Å². The molecule has 0 saturated carbocycles. The Morgan fingerprint density at radius 1 is 1.35 bits per heavy atom. The van der Waals surface area contributed by atoms with Gasteiger partial charge >= 0.3 is 0 Å². The first-order valence-electron chi connectivity index (χ1n) is 7.57. The minimum Gasteiger partial charge on any atom is -0.354 e. The number of nitrogens with one attached hydrogen (secondary N) is 2. The summed E-state index contributed by atoms with van der Waals surface area (Å²) in [5.41, 5.74) is 0.344. The lowest BCUT2D eigenvalue weighted by molar-refractivity contribution is -0.132. The van der Waals surface area contributed by atoms with Gasteiger partial charge in [0, 0.05) is 44.1 Å². The Bertz CT molecular complexity index is 589. The fourth-order valence-corrected chi connectivity index (χ4v) is 2.40. The highest BCUT2D eigenvalue weighted by molar-refractivity contribution is 5.94. The normalized spacial score (nSPS) is 18.1. The second-order valence-electron chi connectivity index (χ2n) is 5.50. The number of benzene rings is 1. The van der Waals surface area contributed by atoms with Gasteiger partial charge in [0.1, 0.15) is 5.82 Å². The molecule has 0 spiro atoms. The van der Waals surface area contributed by atoms with Crippen molar-refractivity contribution in [1.29, 1.82) is 0 Å². The fourth-order valence-electron chi connectivity index (χ4n) is 2.40. The Labute approximate surface area is 134 Å². The van der Waals surface area contributed by atoms with Gasteiger partial charge in [-0.05, 0) is 31.2 Å². The highest BCUT2D eigenvalue weighted by Crippen LogP contribution is 2.07. The van der Waals surface area contributed by atoms with E-state index in [-0.39, 0.29) is 43.1 Å². The molecule has 1 aliphatic rings. The maximum Gasteiger partial charge on any atom is 0.251 e. The van der Waals surface area contributed by atoms with Crippen molar-refractivity contribution in [3.8, 4) is 0 Å². The van der Waals surface area contributed by atoms with Crippen LogP contribution in [0.3, 0.4) is 0 Å². The van der Waals surface area contributed by atoms with Crippen molar-refractivity contribution < 1.29 is 18.8 Å². The number of rotatable bonds is 4. The molecule has 1 saturated heterocycles. The molecule has 2 N–H and O–H groups in total. The predicted octanol–water partition coefficient (Wildman–Crippen LogP) is 0.683. The smallest absolute Gasteiger partial charge is 0.251 e. The van der Waals surface area contributed by atoms with Crippen molar-refractivity contribution in [2.24, 2.45) is 0 Å². The molecular formula is C16H20FN3O3. The third-order valence-electron chi connectivity index (χ3n) is 3.76. The van der Waals surface area contributed by atoms with Crippen LogP contribution in [0.2, 0.25) is 0 Å². The summed E-state index contributed by atoms with van der Waals surface area (Å²) in [6, 6.07) is 5.13. The van der Waals surface area contributed by atoms with E-state index in [1.54, 1.807) is 4.90 Å². The van der Waals surface area contributed by atoms with Crippen LogP contribution in [0.5, 0.6) is 0 Å². The van der Waals surface area contributed by atoms with Crippen LogP contribution in [-0.2, 0) is 9.59 Å². The molecule has 1 fully saturated rings. The van der Waals surface area contributed by atoms with E-state index in [2.05, 4.69) is 10.6 Å². The predicted molar refractivity (Wildman–Crippen MR) is 82.2 cm³/mol. The SMILES string of the molecule is C[C@H]1CNC(=O)CCN1C(=O)CCNC(=O)c1ccc(F)cc1. The van der Waals surface area contributed by atoms with Gasteiger partial charge in [-0.15, -0.1) is 0 Å². The summed E-state index contributed by atoms with van der Waals surface area (Å²) in [5.74, 6) is -0.918. The van der Waals surface area contributed by atoms with Crippen molar-refractivity contribution in [2.75, 3.05) is 19.6 Å². The topological polar surface area (TPSA) is 78.5 Å². The molecule has 0 unspecified atom stereocenters. The van der Waals surface area contributed by atoms with Gasteiger partial charge in [-0.3, -0.25) is 14.4 Å². The molecule has 1 aromatic rings. The fraction of sp³-hybridized carbons (Fsp3) is 0.438. The molecule has 124 valence electrons. The van der Waals surface area contributed by atoms with Crippen molar-refractivity contribution in [1.82, 2.24) is 15.5 Å². The van der Waals surface area contributed by atoms with Crippen molar-refractivity contribution in [2.45, 2.75) is 25.8 Å². The second kappa shape index (κ2) is 7.71. The number of nitrogens with zero attached hydrogens (tertiary/aromatic N) is 1. The third-order valence-corrected chi connectivity index (χ3v) is 3.76. The van der Waals surface area contributed by atoms with Gasteiger partial charge in [-0.1, -0.05) is 0 Å². The quantitative estimate of drug-likeness (QED) is 0.856. The van der Waals surface area contributed by atoms with Crippen LogP contribution in [0, 0.1) is 5.82 Å². The summed E-state index contributed by atoms with van der Waals surface area (Å²) in [6.45, 7) is 2.89. The van der Waals surface area contributed by atoms with Gasteiger partial charge in [0.2, 0.25) is 11.8 Å². The van der Waals surface area contributed by atoms with Crippen LogP contribution >= 0.6 is 0 Å². The van der Waals surface area contributed by atoms with Crippen LogP contribution in [0.25, 0.3) is 0 Å². The standard InChI is InChI=1S/C16H20FN3O3/c1-11-10-19-14(21)7-9-20(11)15(22)6-8-18-16(23)12-2-4-13(17)5-3-12/h2-5,11H,6-10H2,1H3,(H,18,23)(H,19,21)/t11-/m0/s1. The zero-order valence-corrected chi connectivity index (χ0v) is 13.0. The highest BCUT2D eigenvalue weighted by atomic mass is 19.1. The molecule has 0 aromatic heterocycles. The molecule has 0 radical (unpaired) electrons. The van der Waals surface area contributed by atoms with Gasteiger partial charge < -0.3 is 15.5 Å². The molecule has 2 rings (SSSR count). The van der Waals surface area contributed by atoms with Crippen LogP contribution in [0.15, 0.2) is 24.3 Å². The molecule has 23 heavy (non-hydrogen) atoms. The summed E-state index contributed by atoms with van der Waals surface area (Å²) >= 11 is 0. The minimum absolute atomic E-state index is 0.0586. The van der Waals surface area contributed by atoms with E-state index >= 15 is 0 Å². The zero-order chi connectivity index (χ0) is 16.8. The lowest BCUT2D eigenvalue weighted by Crippen LogP contribution is -2.43. The van der Waals surface area contributed by atoms with Gasteiger partial charge in [0.25, 0.3) is 5.91 Å². The van der Waals surface area contributed by atoms with Crippen LogP contribution in [0.4, 0.5) is 4.39 Å². The first kappa shape index (κ1) is 16.9. The number of amides is 3. The van der Waals surface area contributed by atoms with E-state index < -0.39 is 5.82 Å². The van der Waals surface area contributed by atoms with Crippen LogP contribution in [-0.4, -0.2) is 48.3 Å². The van der Waals surface area contributed by atoms with Crippen molar-refractivity contribution in [3.63, 3.8) is 0 Å². The first-order valence-corrected chi connectivity index (χ1v) is 7.57. The number of hydrogen-bond acceptors (Lipinski definition) is 3. The average molecular weight is 321 g/mol. The summed E-state index contributed by atoms with van der Waals surface area (Å²) in [7, 11) is 0. The Morgan fingerprint density at radius 2 is 2.04 bits per heavy atom. The average Bonchev–Trinajstić information content (AvgIpc) is 2.69. The number of hydrogen-bond donors (Lipinski definition) is 2. The van der Waals surface area contributed by atoms with Crippen molar-refractivity contribution >= 4 is 17.7 Å². The molecule has 1 heterocycles. The first-order chi connectivity index (χ1) is 11.0. The third kappa shape index (κ3) is 4.77. The monoisotopic (exact) mass is 321 g/mol. The summed E-state index contributed by atoms with van der Waals surface area (Å²) in [6.07, 6.45) is 0.448. The molecule has 3 amide bonds. The van der Waals surface area contributed by atoms with E-state index in [0.717, 1.165) is 0 Å². The molecule has 0 aliphatic carbocycles. The van der Waals surface area contributed by atoms with E-state index in [1.807, 2.05) is 6.92 Å². The molecule has 1 atom stereocenters. The van der Waals surface area contributed by atoms with Gasteiger partial charge in [-0.2, -0.15) is 0 Å². The number of halogens is 1. The Morgan fingerprint density at radius 3 is 2.74 bits per heavy atom. The van der Waals surface area contributed by atoms with E-state index in [4.69, 9.17) is 0 Å². The highest BCUT2D eigenvalue weighted by Gasteiger charge is 2.24. The molecule has 1 aromatic carbocycles. The molecule has 6 nitrogen and oxygen atoms in total. The van der Waals surface area contributed by atoms with Crippen molar-refractivity contribution in [3.05, 3.63) is 35.6 Å². The lowest BCUT2D eigenvalue weighted by atomic mass is 10.2. The zero-order valence-electron chi connectivity index (χ0n) is 13.0. The second-order valence-corrected chi connectivity index (χ2v) is 5.50. The Hall–Kier alpha value is -2.44. The lowest BCUT2D eigenvalue weighted by Gasteiger charge is -2.26. The van der Waals surface area contributed by atoms with Gasteiger partial charge in [0.15, 0.2) is 0 Å². The van der Waals surface area contributed by atoms with E-state index in [9.17, 15) is 18.8 Å².